The second kappa shape index (κ2) is 11.3. The number of aldehydes is 1. The molecule has 0 spiro atoms. The van der Waals surface area contributed by atoms with E-state index in [1.54, 1.807) is 36.4 Å². The van der Waals surface area contributed by atoms with Crippen LogP contribution in [0.25, 0.3) is 0 Å². The van der Waals surface area contributed by atoms with Crippen LogP contribution in [0.2, 0.25) is 0 Å². The molecule has 2 aromatic carbocycles. The van der Waals surface area contributed by atoms with Crippen molar-refractivity contribution >= 4 is 45.1 Å². The van der Waals surface area contributed by atoms with Crippen LogP contribution in [0.5, 0.6) is 0 Å². The van der Waals surface area contributed by atoms with Gasteiger partial charge in [-0.15, -0.1) is 0 Å². The number of aliphatic hydroxyl groups excluding tert-OH is 1. The van der Waals surface area contributed by atoms with Gasteiger partial charge in [-0.05, 0) is 42.0 Å². The van der Waals surface area contributed by atoms with Crippen LogP contribution in [0.15, 0.2) is 42.5 Å². The zero-order valence-corrected chi connectivity index (χ0v) is 18.5. The highest BCUT2D eigenvalue weighted by atomic mass is 32.2. The Labute approximate surface area is 187 Å². The molecule has 172 valence electrons. The van der Waals surface area contributed by atoms with E-state index in [2.05, 4.69) is 10.0 Å². The van der Waals surface area contributed by atoms with Crippen molar-refractivity contribution in [2.45, 2.75) is 18.6 Å². The molecule has 10 nitrogen and oxygen atoms in total. The van der Waals surface area contributed by atoms with Crippen LogP contribution in [0.1, 0.15) is 24.0 Å². The summed E-state index contributed by atoms with van der Waals surface area (Å²) < 4.78 is 25.2. The fourth-order valence-electron chi connectivity index (χ4n) is 2.86. The van der Waals surface area contributed by atoms with Crippen molar-refractivity contribution < 1.29 is 23.1 Å². The summed E-state index contributed by atoms with van der Waals surface area (Å²) in [6, 6.07) is 12.1. The van der Waals surface area contributed by atoms with Crippen LogP contribution < -0.4 is 20.7 Å². The number of hydrogen-bond acceptors (Lipinski definition) is 7. The minimum atomic E-state index is -3.18. The van der Waals surface area contributed by atoms with Gasteiger partial charge in [0.2, 0.25) is 15.9 Å². The van der Waals surface area contributed by atoms with E-state index in [1.165, 1.54) is 0 Å². The summed E-state index contributed by atoms with van der Waals surface area (Å²) in [5, 5.41) is 18.6. The van der Waals surface area contributed by atoms with Crippen LogP contribution in [0.4, 0.5) is 17.1 Å². The van der Waals surface area contributed by atoms with Gasteiger partial charge in [0.1, 0.15) is 12.1 Å². The number of sulfonamides is 1. The van der Waals surface area contributed by atoms with Gasteiger partial charge in [-0.25, -0.2) is 8.42 Å². The molecule has 1 aliphatic rings. The number of anilines is 3. The highest BCUT2D eigenvalue weighted by Gasteiger charge is 2.23. The van der Waals surface area contributed by atoms with Gasteiger partial charge in [0.25, 0.3) is 0 Å². The topological polar surface area (TPSA) is 166 Å². The molecule has 0 radical (unpaired) electrons. The van der Waals surface area contributed by atoms with E-state index >= 15 is 0 Å². The molecule has 6 N–H and O–H groups in total. The third-order valence-electron chi connectivity index (χ3n) is 4.55. The summed E-state index contributed by atoms with van der Waals surface area (Å²) in [7, 11) is -1.33. The average Bonchev–Trinajstić information content (AvgIpc) is 3.06. The first-order valence-corrected chi connectivity index (χ1v) is 11.4. The second-order valence-corrected chi connectivity index (χ2v) is 8.81. The largest absolute Gasteiger partial charge is 0.395 e. The van der Waals surface area contributed by atoms with Gasteiger partial charge in [0.15, 0.2) is 0 Å². The summed E-state index contributed by atoms with van der Waals surface area (Å²) in [4.78, 5) is 23.2. The molecule has 32 heavy (non-hydrogen) atoms. The maximum atomic E-state index is 11.3. The Morgan fingerprint density at radius 3 is 2.56 bits per heavy atom. The fraction of sp³-hybridized carbons (Fsp3) is 0.286. The first-order chi connectivity index (χ1) is 15.1. The minimum Gasteiger partial charge on any atom is -0.395 e. The van der Waals surface area contributed by atoms with Crippen molar-refractivity contribution in [3.63, 3.8) is 0 Å². The highest BCUT2D eigenvalue weighted by Crippen LogP contribution is 2.30. The fourth-order valence-corrected chi connectivity index (χ4v) is 4.12. The lowest BCUT2D eigenvalue weighted by molar-refractivity contribution is -0.118. The summed E-state index contributed by atoms with van der Waals surface area (Å²) in [6.07, 6.45) is 1.10. The Balaban J connectivity index is 0.000000227. The van der Waals surface area contributed by atoms with Crippen molar-refractivity contribution in [3.05, 3.63) is 53.6 Å². The summed E-state index contributed by atoms with van der Waals surface area (Å²) in [5.41, 5.74) is 8.84. The molecular weight excluding hydrogens is 434 g/mol. The normalized spacial score (nSPS) is 13.1. The molecule has 1 amide bonds. The van der Waals surface area contributed by atoms with Crippen molar-refractivity contribution in [1.82, 2.24) is 0 Å². The van der Waals surface area contributed by atoms with Crippen LogP contribution in [-0.4, -0.2) is 51.8 Å². The quantitative estimate of drug-likeness (QED) is 0.224. The summed E-state index contributed by atoms with van der Waals surface area (Å²) in [5.74, 6) is -0.173. The number of amides is 1. The number of carbonyl (C=O) groups excluding carboxylic acids is 2. The molecule has 0 unspecified atom stereocenters. The monoisotopic (exact) mass is 461 g/mol. The molecule has 1 aliphatic heterocycles. The molecule has 2 aromatic rings. The number of aliphatic hydroxyl groups is 1. The maximum Gasteiger partial charge on any atom is 0.237 e. The van der Waals surface area contributed by atoms with Gasteiger partial charge in [-0.1, -0.05) is 6.07 Å². The Morgan fingerprint density at radius 1 is 1.28 bits per heavy atom. The first-order valence-electron chi connectivity index (χ1n) is 9.78. The number of nitrogens with one attached hydrogen (secondary N) is 3. The third-order valence-corrected chi connectivity index (χ3v) is 5.77. The van der Waals surface area contributed by atoms with Crippen molar-refractivity contribution in [1.29, 1.82) is 5.41 Å². The zero-order chi connectivity index (χ0) is 23.7. The lowest BCUT2D eigenvalue weighted by Crippen LogP contribution is -2.21. The van der Waals surface area contributed by atoms with Gasteiger partial charge in [-0.3, -0.25) is 14.9 Å². The number of nitrogens with zero attached hydrogens (tertiary/aromatic N) is 1. The molecule has 0 fully saturated rings. The van der Waals surface area contributed by atoms with Gasteiger partial charge in [-0.2, -0.15) is 0 Å². The Kier molecular flexibility index (Phi) is 8.73. The van der Waals surface area contributed by atoms with E-state index in [4.69, 9.17) is 16.2 Å². The predicted octanol–water partition coefficient (Wildman–Crippen LogP) is 1.26. The molecule has 0 saturated carbocycles. The minimum absolute atomic E-state index is 0.0150. The third kappa shape index (κ3) is 7.36. The van der Waals surface area contributed by atoms with Crippen LogP contribution >= 0.6 is 0 Å². The van der Waals surface area contributed by atoms with E-state index < -0.39 is 10.0 Å². The second-order valence-electron chi connectivity index (χ2n) is 7.09. The molecule has 0 saturated heterocycles. The molecule has 1 heterocycles. The van der Waals surface area contributed by atoms with Crippen molar-refractivity contribution in [2.75, 3.05) is 35.1 Å². The van der Waals surface area contributed by atoms with Gasteiger partial charge in [0, 0.05) is 43.4 Å². The molecule has 11 heteroatoms. The number of amidine groups is 1. The number of fused-ring (bicyclic) bond motifs is 1. The lowest BCUT2D eigenvalue weighted by Gasteiger charge is -2.18. The van der Waals surface area contributed by atoms with Crippen LogP contribution in [0, 0.1) is 5.41 Å². The summed E-state index contributed by atoms with van der Waals surface area (Å²) in [6.45, 7) is 0.588. The standard InChI is InChI=1S/C11H13N3O2.C10H14N2O3S/c12-11(13)8-3-5-9(6-4-8)14-10(16)2-1-7-15;1-12(4-5-13)9-3-2-8-7-16(14,15)11-10(8)6-9/h3-7H,1-2H2,(H3,12,13)(H,14,16);2-3,6,11,13H,4-5,7H2,1H3. The molecule has 0 aliphatic carbocycles. The number of benzene rings is 2. The van der Waals surface area contributed by atoms with E-state index in [9.17, 15) is 18.0 Å². The van der Waals surface area contributed by atoms with E-state index in [0.717, 1.165) is 11.3 Å². The number of nitrogen functional groups attached to an aromatic ring is 1. The Bertz CT molecular complexity index is 1070. The van der Waals surface area contributed by atoms with Gasteiger partial charge >= 0.3 is 0 Å². The van der Waals surface area contributed by atoms with Crippen molar-refractivity contribution in [2.24, 2.45) is 5.73 Å². The Hall–Kier alpha value is -3.44. The predicted molar refractivity (Wildman–Crippen MR) is 124 cm³/mol. The molecule has 0 atom stereocenters. The number of rotatable bonds is 8. The first kappa shape index (κ1) is 24.8. The smallest absolute Gasteiger partial charge is 0.237 e. The average molecular weight is 462 g/mol. The van der Waals surface area contributed by atoms with Crippen LogP contribution in [-0.2, 0) is 25.4 Å². The van der Waals surface area contributed by atoms with E-state index in [0.29, 0.717) is 29.8 Å². The summed E-state index contributed by atoms with van der Waals surface area (Å²) >= 11 is 0. The number of nitrogens with two attached hydrogens (primary N) is 1. The van der Waals surface area contributed by atoms with Gasteiger partial charge < -0.3 is 25.9 Å². The maximum absolute atomic E-state index is 11.3. The zero-order valence-electron chi connectivity index (χ0n) is 17.7. The molecule has 0 bridgehead atoms. The number of carbonyl (C=O) groups is 2. The van der Waals surface area contributed by atoms with Crippen LogP contribution in [0.3, 0.4) is 0 Å². The van der Waals surface area contributed by atoms with Crippen molar-refractivity contribution in [3.8, 4) is 0 Å². The number of hydrogen-bond donors (Lipinski definition) is 5. The molecular formula is C21H27N5O5S. The Morgan fingerprint density at radius 2 is 1.97 bits per heavy atom. The highest BCUT2D eigenvalue weighted by molar-refractivity contribution is 7.92. The van der Waals surface area contributed by atoms with Gasteiger partial charge in [0.05, 0.1) is 18.0 Å². The SMILES string of the molecule is CN(CCO)c1ccc2c(c1)NS(=O)(=O)C2.N=C(N)c1ccc(NC(=O)CCC=O)cc1. The molecule has 3 rings (SSSR count). The van der Waals surface area contributed by atoms with E-state index in [-0.39, 0.29) is 36.9 Å². The molecule has 0 aromatic heterocycles. The number of likely N-dealkylation sites (N-methyl/N-ethyl adjacent to an activating group) is 1. The van der Waals surface area contributed by atoms with E-state index in [1.807, 2.05) is 18.0 Å². The lowest BCUT2D eigenvalue weighted by atomic mass is 10.2.